The lowest BCUT2D eigenvalue weighted by Gasteiger charge is -1.98. The summed E-state index contributed by atoms with van der Waals surface area (Å²) in [6.45, 7) is 0. The average molecular weight is 352 g/mol. The van der Waals surface area contributed by atoms with Crippen molar-refractivity contribution in [3.8, 4) is 5.88 Å². The number of rotatable bonds is 6. The van der Waals surface area contributed by atoms with Gasteiger partial charge in [0.15, 0.2) is 15.6 Å². The monoisotopic (exact) mass is 351 g/mol. The van der Waals surface area contributed by atoms with Crippen molar-refractivity contribution in [2.45, 2.75) is 5.75 Å². The normalized spacial score (nSPS) is 12.4. The zero-order chi connectivity index (χ0) is 14.8. The van der Waals surface area contributed by atoms with E-state index in [-0.39, 0.29) is 5.76 Å². The Morgan fingerprint density at radius 3 is 2.42 bits per heavy atom. The predicted molar refractivity (Wildman–Crippen MR) is 65.3 cm³/mol. The second-order valence-electron chi connectivity index (χ2n) is 3.40. The highest BCUT2D eigenvalue weighted by Crippen LogP contribution is 2.29. The predicted octanol–water partition coefficient (Wildman–Crippen LogP) is 0.347. The van der Waals surface area contributed by atoms with E-state index in [0.29, 0.717) is 0 Å². The van der Waals surface area contributed by atoms with Gasteiger partial charge in [0.25, 0.3) is 5.88 Å². The number of nitrogens with zero attached hydrogens (tertiary/aromatic N) is 1. The molecule has 19 heavy (non-hydrogen) atoms. The molecule has 0 fully saturated rings. The fourth-order valence-electron chi connectivity index (χ4n) is 1.00. The van der Waals surface area contributed by atoms with Crippen LogP contribution in [0.5, 0.6) is 5.88 Å². The summed E-state index contributed by atoms with van der Waals surface area (Å²) in [4.78, 5) is 10.5. The van der Waals surface area contributed by atoms with Gasteiger partial charge in [-0.05, 0) is 16.8 Å². The standard InChI is InChI=1S/C7H7Cl2NO7S2/c1-18(12,13)17-7-6(9)4(16-10-7)2-19(14,15)3-5(8)11/h2-3H2,1H3. The smallest absolute Gasteiger partial charge is 0.307 e. The number of halogens is 2. The first-order chi connectivity index (χ1) is 8.50. The van der Waals surface area contributed by atoms with Gasteiger partial charge in [0, 0.05) is 0 Å². The summed E-state index contributed by atoms with van der Waals surface area (Å²) in [6.07, 6.45) is 0.751. The van der Waals surface area contributed by atoms with E-state index in [9.17, 15) is 21.6 Å². The molecule has 0 aliphatic rings. The minimum atomic E-state index is -3.89. The summed E-state index contributed by atoms with van der Waals surface area (Å²) in [5, 5.41) is 1.70. The molecule has 0 aliphatic carbocycles. The Bertz CT molecular complexity index is 691. The Labute approximate surface area is 118 Å². The molecular weight excluding hydrogens is 345 g/mol. The van der Waals surface area contributed by atoms with E-state index >= 15 is 0 Å². The van der Waals surface area contributed by atoms with E-state index in [2.05, 4.69) is 13.9 Å². The van der Waals surface area contributed by atoms with Gasteiger partial charge in [-0.15, -0.1) is 0 Å². The van der Waals surface area contributed by atoms with Gasteiger partial charge >= 0.3 is 10.1 Å². The molecule has 0 saturated heterocycles. The first kappa shape index (κ1) is 16.2. The maximum atomic E-state index is 11.4. The molecule has 108 valence electrons. The van der Waals surface area contributed by atoms with Gasteiger partial charge in [-0.1, -0.05) is 11.6 Å². The molecule has 1 aromatic rings. The van der Waals surface area contributed by atoms with Crippen LogP contribution in [0.4, 0.5) is 0 Å². The highest BCUT2D eigenvalue weighted by Gasteiger charge is 2.25. The van der Waals surface area contributed by atoms with Gasteiger partial charge in [-0.3, -0.25) is 4.79 Å². The summed E-state index contributed by atoms with van der Waals surface area (Å²) in [6, 6.07) is 0. The molecule has 1 rings (SSSR count). The van der Waals surface area contributed by atoms with E-state index in [4.69, 9.17) is 23.2 Å². The molecule has 0 aromatic carbocycles. The second-order valence-corrected chi connectivity index (χ2v) is 7.84. The van der Waals surface area contributed by atoms with Crippen LogP contribution in [-0.4, -0.2) is 39.2 Å². The van der Waals surface area contributed by atoms with Gasteiger partial charge in [-0.25, -0.2) is 8.42 Å². The molecule has 0 atom stereocenters. The van der Waals surface area contributed by atoms with E-state index in [0.717, 1.165) is 6.26 Å². The number of sulfone groups is 1. The molecule has 1 heterocycles. The number of hydrogen-bond donors (Lipinski definition) is 0. The highest BCUT2D eigenvalue weighted by molar-refractivity contribution is 7.91. The molecule has 8 nitrogen and oxygen atoms in total. The van der Waals surface area contributed by atoms with E-state index in [1.807, 2.05) is 0 Å². The Kier molecular flexibility index (Phi) is 4.82. The zero-order valence-corrected chi connectivity index (χ0v) is 12.4. The maximum absolute atomic E-state index is 11.4. The van der Waals surface area contributed by atoms with Gasteiger partial charge in [0.1, 0.15) is 16.5 Å². The number of carbonyl (C=O) groups is 1. The molecule has 12 heteroatoms. The number of carbonyl (C=O) groups excluding carboxylic acids is 1. The first-order valence-electron chi connectivity index (χ1n) is 4.42. The minimum absolute atomic E-state index is 0.349. The van der Waals surface area contributed by atoms with Crippen molar-refractivity contribution >= 4 is 48.4 Å². The summed E-state index contributed by atoms with van der Waals surface area (Å²) < 4.78 is 53.5. The zero-order valence-electron chi connectivity index (χ0n) is 9.29. The number of hydrogen-bond acceptors (Lipinski definition) is 8. The van der Waals surface area contributed by atoms with Gasteiger partial charge in [-0.2, -0.15) is 8.42 Å². The van der Waals surface area contributed by atoms with Crippen LogP contribution >= 0.6 is 23.2 Å². The first-order valence-corrected chi connectivity index (χ1v) is 8.82. The lowest BCUT2D eigenvalue weighted by atomic mass is 10.5. The molecule has 0 radical (unpaired) electrons. The topological polar surface area (TPSA) is 121 Å². The molecule has 0 amide bonds. The fraction of sp³-hybridized carbons (Fsp3) is 0.429. The molecule has 0 saturated carbocycles. The van der Waals surface area contributed by atoms with Crippen molar-refractivity contribution < 1.29 is 30.3 Å². The largest absolute Gasteiger partial charge is 0.357 e. The van der Waals surface area contributed by atoms with Crippen LogP contribution in [0.3, 0.4) is 0 Å². The van der Waals surface area contributed by atoms with Crippen LogP contribution in [0.25, 0.3) is 0 Å². The second kappa shape index (κ2) is 5.65. The molecule has 0 N–H and O–H groups in total. The lowest BCUT2D eigenvalue weighted by Crippen LogP contribution is -2.13. The summed E-state index contributed by atoms with van der Waals surface area (Å²) >= 11 is 10.6. The SMILES string of the molecule is CS(=O)(=O)Oc1noc(CS(=O)(=O)CC(=O)Cl)c1Cl. The molecule has 0 spiro atoms. The van der Waals surface area contributed by atoms with Crippen molar-refractivity contribution in [2.24, 2.45) is 0 Å². The molecule has 1 aromatic heterocycles. The van der Waals surface area contributed by atoms with Crippen LogP contribution in [0.15, 0.2) is 4.52 Å². The molecule has 0 aliphatic heterocycles. The number of aromatic nitrogens is 1. The highest BCUT2D eigenvalue weighted by atomic mass is 35.5. The fourth-order valence-corrected chi connectivity index (χ4v) is 3.25. The van der Waals surface area contributed by atoms with Gasteiger partial charge in [0.05, 0.1) is 6.26 Å². The van der Waals surface area contributed by atoms with Crippen LogP contribution in [-0.2, 0) is 30.5 Å². The molecule has 0 unspecified atom stereocenters. The maximum Gasteiger partial charge on any atom is 0.307 e. The summed E-state index contributed by atoms with van der Waals surface area (Å²) in [5.41, 5.74) is 0. The third kappa shape index (κ3) is 5.35. The van der Waals surface area contributed by atoms with Crippen molar-refractivity contribution in [3.63, 3.8) is 0 Å². The average Bonchev–Trinajstić information content (AvgIpc) is 2.44. The third-order valence-electron chi connectivity index (χ3n) is 1.59. The summed E-state index contributed by atoms with van der Waals surface area (Å²) in [7, 11) is -7.77. The minimum Gasteiger partial charge on any atom is -0.357 e. The molecule has 0 bridgehead atoms. The van der Waals surface area contributed by atoms with Crippen LogP contribution in [0.1, 0.15) is 5.76 Å². The Hall–Kier alpha value is -0.840. The van der Waals surface area contributed by atoms with Crippen molar-refractivity contribution in [2.75, 3.05) is 12.0 Å². The Morgan fingerprint density at radius 1 is 1.37 bits per heavy atom. The lowest BCUT2D eigenvalue weighted by molar-refractivity contribution is -0.109. The summed E-state index contributed by atoms with van der Waals surface area (Å²) in [5.74, 6) is -2.59. The van der Waals surface area contributed by atoms with Crippen LogP contribution in [0, 0.1) is 0 Å². The van der Waals surface area contributed by atoms with Crippen molar-refractivity contribution in [1.29, 1.82) is 0 Å². The van der Waals surface area contributed by atoms with Crippen molar-refractivity contribution in [1.82, 2.24) is 5.16 Å². The quantitative estimate of drug-likeness (QED) is 0.531. The Morgan fingerprint density at radius 2 is 1.95 bits per heavy atom. The molecular formula is C7H7Cl2NO7S2. The van der Waals surface area contributed by atoms with Crippen molar-refractivity contribution in [3.05, 3.63) is 10.8 Å². The third-order valence-corrected chi connectivity index (χ3v) is 4.12. The van der Waals surface area contributed by atoms with Crippen LogP contribution < -0.4 is 4.18 Å². The van der Waals surface area contributed by atoms with E-state index in [1.165, 1.54) is 0 Å². The van der Waals surface area contributed by atoms with Gasteiger partial charge in [0.2, 0.25) is 5.24 Å². The van der Waals surface area contributed by atoms with E-state index < -0.39 is 47.6 Å². The Balaban J connectivity index is 2.96. The van der Waals surface area contributed by atoms with Crippen LogP contribution in [0.2, 0.25) is 5.02 Å². The van der Waals surface area contributed by atoms with E-state index in [1.54, 1.807) is 0 Å². The van der Waals surface area contributed by atoms with Gasteiger partial charge < -0.3 is 8.71 Å².